The van der Waals surface area contributed by atoms with Crippen molar-refractivity contribution in [2.75, 3.05) is 39.5 Å². The van der Waals surface area contributed by atoms with Crippen molar-refractivity contribution in [3.8, 4) is 0 Å². The van der Waals surface area contributed by atoms with Crippen LogP contribution in [-0.4, -0.2) is 72.1 Å². The van der Waals surface area contributed by atoms with Gasteiger partial charge in [-0.2, -0.15) is 0 Å². The van der Waals surface area contributed by atoms with E-state index in [4.69, 9.17) is 9.84 Å². The molecule has 0 spiro atoms. The Kier molecular flexibility index (Phi) is 12.2. The number of alkyl halides is 1. The summed E-state index contributed by atoms with van der Waals surface area (Å²) < 4.78 is 17.3. The van der Waals surface area contributed by atoms with E-state index in [1.807, 2.05) is 40.7 Å². The standard InChI is InChI=1S/C15H27FN2O2.C4H8O/c1-13-12-17(9-7-5-6-8-16)10-11-18(13)14(19)20-15(2,3)4;1-2-3-4-5/h5-6,13H,7-12H2,1-4H3;2-3,5H,4H2,1H3/b6-5+;3-2+/t13-;/m1./s1. The van der Waals surface area contributed by atoms with Gasteiger partial charge < -0.3 is 14.7 Å². The van der Waals surface area contributed by atoms with Gasteiger partial charge in [-0.15, -0.1) is 0 Å². The van der Waals surface area contributed by atoms with Crippen molar-refractivity contribution >= 4 is 6.09 Å². The minimum Gasteiger partial charge on any atom is -0.444 e. The molecule has 1 fully saturated rings. The van der Waals surface area contributed by atoms with Gasteiger partial charge in [0.15, 0.2) is 0 Å². The van der Waals surface area contributed by atoms with Crippen LogP contribution in [0, 0.1) is 0 Å². The molecule has 0 aliphatic carbocycles. The first-order valence-corrected chi connectivity index (χ1v) is 8.90. The molecule has 1 rings (SSSR count). The second-order valence-corrected chi connectivity index (χ2v) is 6.99. The summed E-state index contributed by atoms with van der Waals surface area (Å²) in [6.45, 7) is 12.6. The normalized spacial score (nSPS) is 19.2. The lowest BCUT2D eigenvalue weighted by Gasteiger charge is -2.40. The van der Waals surface area contributed by atoms with Crippen molar-refractivity contribution in [2.45, 2.75) is 52.7 Å². The Bertz CT molecular complexity index is 419. The van der Waals surface area contributed by atoms with Crippen LogP contribution in [0.2, 0.25) is 0 Å². The van der Waals surface area contributed by atoms with E-state index in [1.165, 1.54) is 0 Å². The molecule has 1 atom stereocenters. The molecular weight excluding hydrogens is 323 g/mol. The molecule has 1 aliphatic heterocycles. The fourth-order valence-electron chi connectivity index (χ4n) is 2.37. The predicted octanol–water partition coefficient (Wildman–Crippen LogP) is 3.40. The summed E-state index contributed by atoms with van der Waals surface area (Å²) in [5, 5.41) is 7.98. The fourth-order valence-corrected chi connectivity index (χ4v) is 2.37. The second kappa shape index (κ2) is 12.9. The van der Waals surface area contributed by atoms with Gasteiger partial charge in [-0.1, -0.05) is 24.3 Å². The smallest absolute Gasteiger partial charge is 0.410 e. The molecule has 0 aromatic rings. The molecule has 146 valence electrons. The molecule has 0 aromatic carbocycles. The predicted molar refractivity (Wildman–Crippen MR) is 100 cm³/mol. The minimum atomic E-state index is -0.453. The van der Waals surface area contributed by atoms with Crippen LogP contribution in [0.15, 0.2) is 24.3 Å². The Morgan fingerprint density at radius 2 is 1.96 bits per heavy atom. The molecule has 1 N–H and O–H groups in total. The molecule has 0 bridgehead atoms. The summed E-state index contributed by atoms with van der Waals surface area (Å²) in [5.74, 6) is 0. The first-order valence-electron chi connectivity index (χ1n) is 8.90. The average Bonchev–Trinajstić information content (AvgIpc) is 2.51. The van der Waals surface area contributed by atoms with Crippen molar-refractivity contribution in [3.63, 3.8) is 0 Å². The van der Waals surface area contributed by atoms with Gasteiger partial charge in [-0.25, -0.2) is 9.18 Å². The van der Waals surface area contributed by atoms with Crippen LogP contribution in [0.3, 0.4) is 0 Å². The Morgan fingerprint density at radius 3 is 2.40 bits per heavy atom. The van der Waals surface area contributed by atoms with Gasteiger partial charge in [0.1, 0.15) is 12.3 Å². The zero-order chi connectivity index (χ0) is 19.3. The van der Waals surface area contributed by atoms with Crippen molar-refractivity contribution in [3.05, 3.63) is 24.3 Å². The van der Waals surface area contributed by atoms with Crippen LogP contribution in [-0.2, 0) is 4.74 Å². The number of amides is 1. The van der Waals surface area contributed by atoms with E-state index in [2.05, 4.69) is 4.90 Å². The summed E-state index contributed by atoms with van der Waals surface area (Å²) in [5.41, 5.74) is -0.453. The maximum atomic E-state index is 12.1. The SMILES string of the molecule is C/C=C/CO.C[C@@H]1CN(CC/C=C/CF)CCN1C(=O)OC(C)(C)C. The van der Waals surface area contributed by atoms with E-state index >= 15 is 0 Å². The Balaban J connectivity index is 0.00000101. The first kappa shape index (κ1) is 23.6. The average molecular weight is 358 g/mol. The van der Waals surface area contributed by atoms with Crippen LogP contribution >= 0.6 is 0 Å². The van der Waals surface area contributed by atoms with Gasteiger partial charge in [-0.05, 0) is 41.0 Å². The number of carbonyl (C=O) groups excluding carboxylic acids is 1. The van der Waals surface area contributed by atoms with Gasteiger partial charge in [0.2, 0.25) is 0 Å². The number of aliphatic hydroxyl groups excluding tert-OH is 1. The van der Waals surface area contributed by atoms with E-state index in [1.54, 1.807) is 23.1 Å². The van der Waals surface area contributed by atoms with E-state index < -0.39 is 12.3 Å². The van der Waals surface area contributed by atoms with Crippen molar-refractivity contribution < 1.29 is 19.0 Å². The number of ether oxygens (including phenoxy) is 1. The molecule has 0 unspecified atom stereocenters. The third-order valence-electron chi connectivity index (χ3n) is 3.55. The summed E-state index contributed by atoms with van der Waals surface area (Å²) in [7, 11) is 0. The van der Waals surface area contributed by atoms with Crippen molar-refractivity contribution in [1.82, 2.24) is 9.80 Å². The molecule has 0 radical (unpaired) electrons. The maximum absolute atomic E-state index is 12.1. The molecule has 6 heteroatoms. The minimum absolute atomic E-state index is 0.142. The van der Waals surface area contributed by atoms with Gasteiger partial charge in [0, 0.05) is 32.2 Å². The Morgan fingerprint density at radius 1 is 1.28 bits per heavy atom. The van der Waals surface area contributed by atoms with Gasteiger partial charge in [0.25, 0.3) is 0 Å². The Labute approximate surface area is 152 Å². The molecule has 1 aliphatic rings. The molecule has 0 aromatic heterocycles. The lowest BCUT2D eigenvalue weighted by molar-refractivity contribution is 0.00169. The zero-order valence-corrected chi connectivity index (χ0v) is 16.4. The van der Waals surface area contributed by atoms with E-state index in [0.29, 0.717) is 6.54 Å². The van der Waals surface area contributed by atoms with Gasteiger partial charge >= 0.3 is 6.09 Å². The lowest BCUT2D eigenvalue weighted by atomic mass is 10.2. The number of aliphatic hydroxyl groups is 1. The monoisotopic (exact) mass is 358 g/mol. The number of carbonyl (C=O) groups is 1. The maximum Gasteiger partial charge on any atom is 0.410 e. The number of hydrogen-bond donors (Lipinski definition) is 1. The van der Waals surface area contributed by atoms with Crippen LogP contribution < -0.4 is 0 Å². The third kappa shape index (κ3) is 11.7. The van der Waals surface area contributed by atoms with Crippen LogP contribution in [0.1, 0.15) is 41.0 Å². The molecule has 5 nitrogen and oxygen atoms in total. The summed E-state index contributed by atoms with van der Waals surface area (Å²) in [4.78, 5) is 16.2. The van der Waals surface area contributed by atoms with E-state index in [-0.39, 0.29) is 18.7 Å². The van der Waals surface area contributed by atoms with Gasteiger partial charge in [-0.3, -0.25) is 4.90 Å². The third-order valence-corrected chi connectivity index (χ3v) is 3.55. The number of hydrogen-bond acceptors (Lipinski definition) is 4. The van der Waals surface area contributed by atoms with Crippen LogP contribution in [0.4, 0.5) is 9.18 Å². The highest BCUT2D eigenvalue weighted by Gasteiger charge is 2.30. The molecule has 25 heavy (non-hydrogen) atoms. The number of halogens is 1. The topological polar surface area (TPSA) is 53.0 Å². The number of nitrogens with zero attached hydrogens (tertiary/aromatic N) is 2. The highest BCUT2D eigenvalue weighted by atomic mass is 19.1. The summed E-state index contributed by atoms with van der Waals surface area (Å²) >= 11 is 0. The molecule has 1 heterocycles. The highest BCUT2D eigenvalue weighted by molar-refractivity contribution is 5.68. The van der Waals surface area contributed by atoms with Crippen LogP contribution in [0.5, 0.6) is 0 Å². The van der Waals surface area contributed by atoms with Crippen LogP contribution in [0.25, 0.3) is 0 Å². The summed E-state index contributed by atoms with van der Waals surface area (Å²) in [6, 6.07) is 0.142. The Hall–Kier alpha value is -1.40. The second-order valence-electron chi connectivity index (χ2n) is 6.99. The fraction of sp³-hybridized carbons (Fsp3) is 0.737. The van der Waals surface area contributed by atoms with Crippen molar-refractivity contribution in [2.24, 2.45) is 0 Å². The summed E-state index contributed by atoms with van der Waals surface area (Å²) in [6.07, 6.45) is 7.51. The van der Waals surface area contributed by atoms with Gasteiger partial charge in [0.05, 0.1) is 6.61 Å². The highest BCUT2D eigenvalue weighted by Crippen LogP contribution is 2.15. The number of rotatable bonds is 5. The van der Waals surface area contributed by atoms with Crippen molar-refractivity contribution in [1.29, 1.82) is 0 Å². The number of piperazine rings is 1. The van der Waals surface area contributed by atoms with E-state index in [0.717, 1.165) is 26.1 Å². The lowest BCUT2D eigenvalue weighted by Crippen LogP contribution is -2.55. The zero-order valence-electron chi connectivity index (χ0n) is 16.4. The molecule has 0 saturated carbocycles. The molecule has 1 saturated heterocycles. The molecular formula is C19H35FN2O3. The molecule has 1 amide bonds. The first-order chi connectivity index (χ1) is 11.7. The quantitative estimate of drug-likeness (QED) is 0.766. The largest absolute Gasteiger partial charge is 0.444 e. The number of allylic oxidation sites excluding steroid dienone is 2. The van der Waals surface area contributed by atoms with E-state index in [9.17, 15) is 9.18 Å².